The molecule has 2 aromatic heterocycles. The average molecular weight is 326 g/mol. The van der Waals surface area contributed by atoms with E-state index in [1.54, 1.807) is 24.6 Å². The molecule has 124 valence electrons. The van der Waals surface area contributed by atoms with Gasteiger partial charge in [0.25, 0.3) is 5.91 Å². The molecule has 0 aliphatic heterocycles. The van der Waals surface area contributed by atoms with E-state index >= 15 is 0 Å². The summed E-state index contributed by atoms with van der Waals surface area (Å²) in [6.07, 6.45) is 1.14. The van der Waals surface area contributed by atoms with Gasteiger partial charge in [0.05, 0.1) is 5.69 Å². The molecule has 7 heteroatoms. The number of nitrogens with zero attached hydrogens (tertiary/aromatic N) is 3. The van der Waals surface area contributed by atoms with Gasteiger partial charge < -0.3 is 14.6 Å². The maximum Gasteiger partial charge on any atom is 0.266 e. The summed E-state index contributed by atoms with van der Waals surface area (Å²) in [4.78, 5) is 12.2. The molecule has 1 unspecified atom stereocenters. The molecule has 0 radical (unpaired) electrons. The molecule has 0 saturated heterocycles. The van der Waals surface area contributed by atoms with Crippen LogP contribution < -0.4 is 10.1 Å². The summed E-state index contributed by atoms with van der Waals surface area (Å²) in [5.41, 5.74) is 1.77. The van der Waals surface area contributed by atoms with Crippen molar-refractivity contribution in [2.24, 2.45) is 0 Å². The lowest BCUT2D eigenvalue weighted by molar-refractivity contribution is -0.122. The zero-order valence-electron chi connectivity index (χ0n) is 13.7. The minimum atomic E-state index is -0.722. The molecule has 0 fully saturated rings. The van der Waals surface area contributed by atoms with Gasteiger partial charge in [-0.15, -0.1) is 5.10 Å². The summed E-state index contributed by atoms with van der Waals surface area (Å²) in [5.74, 6) is 1.07. The van der Waals surface area contributed by atoms with E-state index in [0.29, 0.717) is 17.5 Å². The van der Waals surface area contributed by atoms with Crippen LogP contribution in [0, 0.1) is 13.8 Å². The molecule has 1 atom stereocenters. The fourth-order valence-corrected chi connectivity index (χ4v) is 2.15. The number of carbonyl (C=O) groups excluding carboxylic acids is 1. The highest BCUT2D eigenvalue weighted by molar-refractivity contribution is 5.93. The number of anilines is 1. The van der Waals surface area contributed by atoms with Crippen LogP contribution in [0.2, 0.25) is 0 Å². The van der Waals surface area contributed by atoms with E-state index in [1.807, 2.05) is 43.5 Å². The number of para-hydroxylation sites is 1. The highest BCUT2D eigenvalue weighted by atomic mass is 16.5. The second-order valence-electron chi connectivity index (χ2n) is 5.47. The predicted molar refractivity (Wildman–Crippen MR) is 88.3 cm³/mol. The van der Waals surface area contributed by atoms with Gasteiger partial charge in [0.2, 0.25) is 5.88 Å². The zero-order chi connectivity index (χ0) is 17.1. The molecule has 2 heterocycles. The van der Waals surface area contributed by atoms with Crippen LogP contribution in [-0.2, 0) is 4.79 Å². The van der Waals surface area contributed by atoms with Crippen LogP contribution >= 0.6 is 0 Å². The third-order valence-electron chi connectivity index (χ3n) is 3.41. The molecule has 1 amide bonds. The number of hydrogen-bond acceptors (Lipinski definition) is 5. The molecule has 7 nitrogen and oxygen atoms in total. The molecule has 3 rings (SSSR count). The second-order valence-corrected chi connectivity index (χ2v) is 5.47. The number of amides is 1. The molecule has 0 spiro atoms. The van der Waals surface area contributed by atoms with Crippen molar-refractivity contribution in [3.05, 3.63) is 53.9 Å². The fraction of sp³-hybridized carbons (Fsp3) is 0.235. The van der Waals surface area contributed by atoms with Gasteiger partial charge in [0, 0.05) is 17.8 Å². The largest absolute Gasteiger partial charge is 0.463 e. The number of nitrogens with one attached hydrogen (secondary N) is 1. The van der Waals surface area contributed by atoms with Crippen LogP contribution in [0.4, 0.5) is 5.82 Å². The Labute approximate surface area is 139 Å². The maximum atomic E-state index is 12.2. The van der Waals surface area contributed by atoms with E-state index in [-0.39, 0.29) is 5.91 Å². The summed E-state index contributed by atoms with van der Waals surface area (Å²) in [7, 11) is 0. The van der Waals surface area contributed by atoms with E-state index < -0.39 is 6.10 Å². The number of aryl methyl sites for hydroxylation is 2. The Balaban J connectivity index is 1.69. The Morgan fingerprint density at radius 2 is 2.04 bits per heavy atom. The first-order valence-corrected chi connectivity index (χ1v) is 7.55. The van der Waals surface area contributed by atoms with E-state index in [1.165, 1.54) is 0 Å². The monoisotopic (exact) mass is 326 g/mol. The normalized spacial score (nSPS) is 12.0. The van der Waals surface area contributed by atoms with E-state index in [9.17, 15) is 4.79 Å². The van der Waals surface area contributed by atoms with Crippen molar-refractivity contribution in [3.8, 4) is 11.6 Å². The molecule has 24 heavy (non-hydrogen) atoms. The van der Waals surface area contributed by atoms with Gasteiger partial charge >= 0.3 is 0 Å². The predicted octanol–water partition coefficient (Wildman–Crippen LogP) is 2.88. The number of aromatic nitrogens is 3. The van der Waals surface area contributed by atoms with Crippen molar-refractivity contribution >= 4 is 11.7 Å². The van der Waals surface area contributed by atoms with Crippen molar-refractivity contribution in [1.29, 1.82) is 0 Å². The first-order chi connectivity index (χ1) is 11.5. The highest BCUT2D eigenvalue weighted by Gasteiger charge is 2.19. The SMILES string of the molecule is Cc1cc(NC(=O)C(C)Oc2nn(-c3ccccc3)cc2C)no1. The summed E-state index contributed by atoms with van der Waals surface area (Å²) >= 11 is 0. The van der Waals surface area contributed by atoms with Crippen LogP contribution in [0.1, 0.15) is 18.2 Å². The summed E-state index contributed by atoms with van der Waals surface area (Å²) < 4.78 is 12.3. The second kappa shape index (κ2) is 6.57. The minimum absolute atomic E-state index is 0.322. The van der Waals surface area contributed by atoms with Crippen LogP contribution in [-0.4, -0.2) is 26.9 Å². The Morgan fingerprint density at radius 3 is 2.71 bits per heavy atom. The number of rotatable bonds is 5. The van der Waals surface area contributed by atoms with Crippen LogP contribution in [0.3, 0.4) is 0 Å². The molecule has 3 aromatic rings. The van der Waals surface area contributed by atoms with Crippen molar-refractivity contribution in [3.63, 3.8) is 0 Å². The molecule has 1 N–H and O–H groups in total. The quantitative estimate of drug-likeness (QED) is 0.779. The lowest BCUT2D eigenvalue weighted by Gasteiger charge is -2.12. The lowest BCUT2D eigenvalue weighted by atomic mass is 10.3. The minimum Gasteiger partial charge on any atom is -0.463 e. The Kier molecular flexibility index (Phi) is 4.33. The summed E-state index contributed by atoms with van der Waals surface area (Å²) in [6.45, 7) is 5.29. The van der Waals surface area contributed by atoms with Gasteiger partial charge in [-0.3, -0.25) is 4.79 Å². The fourth-order valence-electron chi connectivity index (χ4n) is 2.15. The Bertz CT molecular complexity index is 839. The zero-order valence-corrected chi connectivity index (χ0v) is 13.7. The van der Waals surface area contributed by atoms with Crippen molar-refractivity contribution < 1.29 is 14.1 Å². The molecule has 0 aliphatic carbocycles. The molecule has 0 aliphatic rings. The summed E-state index contributed by atoms with van der Waals surface area (Å²) in [6, 6.07) is 11.3. The van der Waals surface area contributed by atoms with Crippen LogP contribution in [0.5, 0.6) is 5.88 Å². The number of carbonyl (C=O) groups is 1. The van der Waals surface area contributed by atoms with Crippen molar-refractivity contribution in [2.75, 3.05) is 5.32 Å². The van der Waals surface area contributed by atoms with Crippen LogP contribution in [0.15, 0.2) is 47.1 Å². The van der Waals surface area contributed by atoms with Crippen LogP contribution in [0.25, 0.3) is 5.69 Å². The van der Waals surface area contributed by atoms with Gasteiger partial charge in [0.1, 0.15) is 5.76 Å². The van der Waals surface area contributed by atoms with E-state index in [4.69, 9.17) is 9.26 Å². The van der Waals surface area contributed by atoms with Gasteiger partial charge in [-0.1, -0.05) is 23.4 Å². The van der Waals surface area contributed by atoms with Gasteiger partial charge in [-0.05, 0) is 32.9 Å². The first-order valence-electron chi connectivity index (χ1n) is 7.55. The topological polar surface area (TPSA) is 82.2 Å². The Morgan fingerprint density at radius 1 is 1.29 bits per heavy atom. The highest BCUT2D eigenvalue weighted by Crippen LogP contribution is 2.19. The molecule has 1 aromatic carbocycles. The van der Waals surface area contributed by atoms with E-state index in [2.05, 4.69) is 15.6 Å². The van der Waals surface area contributed by atoms with Gasteiger partial charge in [0.15, 0.2) is 11.9 Å². The number of benzene rings is 1. The number of ether oxygens (including phenoxy) is 1. The third kappa shape index (κ3) is 3.45. The Hall–Kier alpha value is -3.09. The molecular formula is C17H18N4O3. The maximum absolute atomic E-state index is 12.2. The molecular weight excluding hydrogens is 308 g/mol. The smallest absolute Gasteiger partial charge is 0.266 e. The van der Waals surface area contributed by atoms with Crippen molar-refractivity contribution in [1.82, 2.24) is 14.9 Å². The number of hydrogen-bond donors (Lipinski definition) is 1. The average Bonchev–Trinajstić information content (AvgIpc) is 3.14. The van der Waals surface area contributed by atoms with E-state index in [0.717, 1.165) is 11.3 Å². The van der Waals surface area contributed by atoms with Gasteiger partial charge in [-0.2, -0.15) is 0 Å². The first kappa shape index (κ1) is 15.8. The molecule has 0 saturated carbocycles. The third-order valence-corrected chi connectivity index (χ3v) is 3.41. The van der Waals surface area contributed by atoms with Gasteiger partial charge in [-0.25, -0.2) is 4.68 Å². The molecule has 0 bridgehead atoms. The summed E-state index contributed by atoms with van der Waals surface area (Å²) in [5, 5.41) is 10.8. The van der Waals surface area contributed by atoms with Crippen molar-refractivity contribution in [2.45, 2.75) is 26.9 Å². The lowest BCUT2D eigenvalue weighted by Crippen LogP contribution is -2.30. The standard InChI is InChI=1S/C17H18N4O3/c1-11-10-21(14-7-5-4-6-8-14)19-17(11)23-13(3)16(22)18-15-9-12(2)24-20-15/h4-10,13H,1-3H3,(H,18,20,22).